The number of benzene rings is 1. The molecule has 1 saturated heterocycles. The molecular formula is C21H27N3O4. The topological polar surface area (TPSA) is 83.8 Å². The Morgan fingerprint density at radius 3 is 2.75 bits per heavy atom. The zero-order valence-corrected chi connectivity index (χ0v) is 15.9. The number of hydrogen-bond donors (Lipinski definition) is 2. The van der Waals surface area contributed by atoms with Crippen LogP contribution in [0.2, 0.25) is 0 Å². The predicted molar refractivity (Wildman–Crippen MR) is 105 cm³/mol. The number of furan rings is 1. The molecule has 0 radical (unpaired) electrons. The van der Waals surface area contributed by atoms with E-state index in [-0.39, 0.29) is 23.7 Å². The number of carbonyl (C=O) groups excluding carboxylic acids is 2. The third-order valence-electron chi connectivity index (χ3n) is 4.61. The van der Waals surface area contributed by atoms with Crippen LogP contribution in [-0.2, 0) is 16.1 Å². The molecule has 2 heterocycles. The first-order valence-corrected chi connectivity index (χ1v) is 9.67. The van der Waals surface area contributed by atoms with Crippen LogP contribution >= 0.6 is 0 Å². The quantitative estimate of drug-likeness (QED) is 0.643. The second-order valence-electron chi connectivity index (χ2n) is 6.85. The van der Waals surface area contributed by atoms with Gasteiger partial charge in [0.1, 0.15) is 0 Å². The molecule has 1 aromatic heterocycles. The molecule has 7 nitrogen and oxygen atoms in total. The van der Waals surface area contributed by atoms with Gasteiger partial charge in [0, 0.05) is 39.1 Å². The molecule has 28 heavy (non-hydrogen) atoms. The second-order valence-corrected chi connectivity index (χ2v) is 6.85. The summed E-state index contributed by atoms with van der Waals surface area (Å²) >= 11 is 0. The van der Waals surface area contributed by atoms with E-state index in [9.17, 15) is 9.59 Å². The Hall–Kier alpha value is -2.64. The van der Waals surface area contributed by atoms with E-state index in [1.54, 1.807) is 12.1 Å². The first-order valence-electron chi connectivity index (χ1n) is 9.67. The lowest BCUT2D eigenvalue weighted by atomic mass is 10.2. The highest BCUT2D eigenvalue weighted by molar-refractivity contribution is 5.91. The van der Waals surface area contributed by atoms with Crippen LogP contribution in [0.25, 0.3) is 0 Å². The standard InChI is InChI=1S/C21H27N3O4/c25-20(9-4-10-22-21(26)19-8-5-12-28-19)23-14-18-16-24(11-13-27-18)15-17-6-2-1-3-7-17/h1-3,5-8,12,18H,4,9-11,13-16H2,(H,22,26)(H,23,25). The van der Waals surface area contributed by atoms with Gasteiger partial charge in [-0.25, -0.2) is 0 Å². The zero-order chi connectivity index (χ0) is 19.6. The van der Waals surface area contributed by atoms with E-state index in [0.717, 1.165) is 19.6 Å². The van der Waals surface area contributed by atoms with Crippen LogP contribution in [-0.4, -0.2) is 55.6 Å². The smallest absolute Gasteiger partial charge is 0.286 e. The molecule has 0 spiro atoms. The monoisotopic (exact) mass is 385 g/mol. The molecule has 2 aromatic rings. The Kier molecular flexibility index (Phi) is 7.63. The summed E-state index contributed by atoms with van der Waals surface area (Å²) < 4.78 is 10.8. The summed E-state index contributed by atoms with van der Waals surface area (Å²) in [5.41, 5.74) is 1.28. The molecule has 0 saturated carbocycles. The van der Waals surface area contributed by atoms with Crippen molar-refractivity contribution in [3.8, 4) is 0 Å². The van der Waals surface area contributed by atoms with E-state index in [4.69, 9.17) is 9.15 Å². The highest BCUT2D eigenvalue weighted by Gasteiger charge is 2.21. The van der Waals surface area contributed by atoms with Gasteiger partial charge in [-0.05, 0) is 24.1 Å². The van der Waals surface area contributed by atoms with Crippen LogP contribution in [0.1, 0.15) is 29.0 Å². The first-order chi connectivity index (χ1) is 13.7. The van der Waals surface area contributed by atoms with Gasteiger partial charge in [0.25, 0.3) is 5.91 Å². The summed E-state index contributed by atoms with van der Waals surface area (Å²) in [5.74, 6) is -0.0190. The number of rotatable bonds is 9. The molecular weight excluding hydrogens is 358 g/mol. The summed E-state index contributed by atoms with van der Waals surface area (Å²) in [7, 11) is 0. The Morgan fingerprint density at radius 1 is 1.11 bits per heavy atom. The Balaban J connectivity index is 1.29. The average Bonchev–Trinajstić information content (AvgIpc) is 3.26. The van der Waals surface area contributed by atoms with Crippen molar-refractivity contribution in [2.75, 3.05) is 32.8 Å². The minimum atomic E-state index is -0.264. The van der Waals surface area contributed by atoms with Gasteiger partial charge in [0.05, 0.1) is 19.0 Å². The summed E-state index contributed by atoms with van der Waals surface area (Å²) in [6.07, 6.45) is 2.39. The van der Waals surface area contributed by atoms with Gasteiger partial charge in [-0.1, -0.05) is 30.3 Å². The number of ether oxygens (including phenoxy) is 1. The lowest BCUT2D eigenvalue weighted by Crippen LogP contribution is -2.47. The second kappa shape index (κ2) is 10.6. The van der Waals surface area contributed by atoms with Crippen molar-refractivity contribution in [1.29, 1.82) is 0 Å². The van der Waals surface area contributed by atoms with Gasteiger partial charge in [0.2, 0.25) is 5.91 Å². The number of morpholine rings is 1. The van der Waals surface area contributed by atoms with Crippen molar-refractivity contribution >= 4 is 11.8 Å². The summed E-state index contributed by atoms with van der Waals surface area (Å²) in [4.78, 5) is 26.1. The molecule has 150 valence electrons. The van der Waals surface area contributed by atoms with Gasteiger partial charge in [-0.15, -0.1) is 0 Å². The number of carbonyl (C=O) groups is 2. The molecule has 1 aromatic carbocycles. The fraction of sp³-hybridized carbons (Fsp3) is 0.429. The minimum Gasteiger partial charge on any atom is -0.459 e. The van der Waals surface area contributed by atoms with E-state index in [1.165, 1.54) is 11.8 Å². The van der Waals surface area contributed by atoms with E-state index in [1.807, 2.05) is 18.2 Å². The molecule has 1 aliphatic heterocycles. The van der Waals surface area contributed by atoms with Crippen LogP contribution in [0.5, 0.6) is 0 Å². The number of nitrogens with one attached hydrogen (secondary N) is 2. The third-order valence-corrected chi connectivity index (χ3v) is 4.61. The number of amides is 2. The molecule has 7 heteroatoms. The lowest BCUT2D eigenvalue weighted by molar-refractivity contribution is -0.122. The van der Waals surface area contributed by atoms with E-state index in [0.29, 0.717) is 32.5 Å². The van der Waals surface area contributed by atoms with Gasteiger partial charge < -0.3 is 19.8 Å². The van der Waals surface area contributed by atoms with Crippen molar-refractivity contribution in [1.82, 2.24) is 15.5 Å². The summed E-state index contributed by atoms with van der Waals surface area (Å²) in [5, 5.41) is 5.66. The fourth-order valence-corrected chi connectivity index (χ4v) is 3.15. The van der Waals surface area contributed by atoms with E-state index in [2.05, 4.69) is 27.7 Å². The number of nitrogens with zero attached hydrogens (tertiary/aromatic N) is 1. The predicted octanol–water partition coefficient (Wildman–Crippen LogP) is 1.81. The van der Waals surface area contributed by atoms with Crippen molar-refractivity contribution in [3.05, 3.63) is 60.1 Å². The summed E-state index contributed by atoms with van der Waals surface area (Å²) in [6, 6.07) is 13.6. The summed E-state index contributed by atoms with van der Waals surface area (Å²) in [6.45, 7) is 4.19. The highest BCUT2D eigenvalue weighted by Crippen LogP contribution is 2.10. The molecule has 2 amide bonds. The SMILES string of the molecule is O=C(CCCNC(=O)c1ccco1)NCC1CN(Cc2ccccc2)CCO1. The molecule has 1 atom stereocenters. The van der Waals surface area contributed by atoms with Gasteiger partial charge >= 0.3 is 0 Å². The molecule has 1 unspecified atom stereocenters. The highest BCUT2D eigenvalue weighted by atomic mass is 16.5. The molecule has 0 bridgehead atoms. The molecule has 1 fully saturated rings. The van der Waals surface area contributed by atoms with Crippen LogP contribution < -0.4 is 10.6 Å². The fourth-order valence-electron chi connectivity index (χ4n) is 3.15. The van der Waals surface area contributed by atoms with Crippen molar-refractivity contribution in [2.45, 2.75) is 25.5 Å². The maximum absolute atomic E-state index is 12.0. The van der Waals surface area contributed by atoms with E-state index >= 15 is 0 Å². The normalized spacial score (nSPS) is 17.2. The zero-order valence-electron chi connectivity index (χ0n) is 15.9. The largest absolute Gasteiger partial charge is 0.459 e. The van der Waals surface area contributed by atoms with Gasteiger partial charge in [-0.2, -0.15) is 0 Å². The van der Waals surface area contributed by atoms with Crippen molar-refractivity contribution in [2.24, 2.45) is 0 Å². The maximum atomic E-state index is 12.0. The first kappa shape index (κ1) is 20.1. The van der Waals surface area contributed by atoms with Crippen LogP contribution in [0.3, 0.4) is 0 Å². The average molecular weight is 385 g/mol. The van der Waals surface area contributed by atoms with Gasteiger partial charge in [-0.3, -0.25) is 14.5 Å². The van der Waals surface area contributed by atoms with Crippen molar-refractivity contribution in [3.63, 3.8) is 0 Å². The lowest BCUT2D eigenvalue weighted by Gasteiger charge is -2.33. The third kappa shape index (κ3) is 6.51. The molecule has 3 rings (SSSR count). The molecule has 1 aliphatic rings. The van der Waals surface area contributed by atoms with Crippen LogP contribution in [0, 0.1) is 0 Å². The molecule has 0 aliphatic carbocycles. The number of hydrogen-bond acceptors (Lipinski definition) is 5. The maximum Gasteiger partial charge on any atom is 0.286 e. The van der Waals surface area contributed by atoms with E-state index < -0.39 is 0 Å². The Labute approximate surface area is 165 Å². The van der Waals surface area contributed by atoms with Gasteiger partial charge in [0.15, 0.2) is 5.76 Å². The van der Waals surface area contributed by atoms with Crippen LogP contribution in [0.15, 0.2) is 53.1 Å². The van der Waals surface area contributed by atoms with Crippen LogP contribution in [0.4, 0.5) is 0 Å². The Morgan fingerprint density at radius 2 is 1.96 bits per heavy atom. The minimum absolute atomic E-state index is 0.0000626. The van der Waals surface area contributed by atoms with Crippen molar-refractivity contribution < 1.29 is 18.7 Å². The Bertz CT molecular complexity index is 733. The molecule has 2 N–H and O–H groups in total.